The summed E-state index contributed by atoms with van der Waals surface area (Å²) in [6.45, 7) is 9.91. The van der Waals surface area contributed by atoms with Crippen LogP contribution in [0.5, 0.6) is 0 Å². The molecular formula is C16H31N3. The Balaban J connectivity index is 1.71. The van der Waals surface area contributed by atoms with Gasteiger partial charge in [0, 0.05) is 37.3 Å². The van der Waals surface area contributed by atoms with E-state index in [9.17, 15) is 0 Å². The van der Waals surface area contributed by atoms with E-state index in [2.05, 4.69) is 36.0 Å². The fourth-order valence-corrected chi connectivity index (χ4v) is 4.71. The minimum atomic E-state index is 0.468. The van der Waals surface area contributed by atoms with Crippen LogP contribution >= 0.6 is 0 Å². The minimum Gasteiger partial charge on any atom is -0.308 e. The third-order valence-corrected chi connectivity index (χ3v) is 5.87. The molecule has 110 valence electrons. The van der Waals surface area contributed by atoms with Crippen LogP contribution in [0.3, 0.4) is 0 Å². The summed E-state index contributed by atoms with van der Waals surface area (Å²) in [5, 5.41) is 3.88. The molecule has 3 aliphatic rings. The zero-order valence-corrected chi connectivity index (χ0v) is 13.0. The molecular weight excluding hydrogens is 234 g/mol. The summed E-state index contributed by atoms with van der Waals surface area (Å²) in [5.41, 5.74) is 0.468. The molecule has 3 heteroatoms. The van der Waals surface area contributed by atoms with Crippen molar-refractivity contribution in [3.63, 3.8) is 0 Å². The van der Waals surface area contributed by atoms with Gasteiger partial charge in [-0.25, -0.2) is 0 Å². The highest BCUT2D eigenvalue weighted by Gasteiger charge is 2.43. The second-order valence-electron chi connectivity index (χ2n) is 7.49. The first kappa shape index (κ1) is 13.8. The van der Waals surface area contributed by atoms with Crippen molar-refractivity contribution in [2.45, 2.75) is 63.6 Å². The Morgan fingerprint density at radius 2 is 1.89 bits per heavy atom. The lowest BCUT2D eigenvalue weighted by atomic mass is 9.86. The van der Waals surface area contributed by atoms with Gasteiger partial charge in [0.25, 0.3) is 0 Å². The van der Waals surface area contributed by atoms with Crippen LogP contribution in [-0.2, 0) is 0 Å². The van der Waals surface area contributed by atoms with Crippen LogP contribution in [0.4, 0.5) is 0 Å². The molecule has 0 aromatic carbocycles. The van der Waals surface area contributed by atoms with E-state index in [1.54, 1.807) is 0 Å². The van der Waals surface area contributed by atoms with Gasteiger partial charge in [0.1, 0.15) is 0 Å². The van der Waals surface area contributed by atoms with Gasteiger partial charge in [-0.1, -0.05) is 19.8 Å². The molecule has 0 aromatic rings. The smallest absolute Gasteiger partial charge is 0.0309 e. The Morgan fingerprint density at radius 3 is 2.58 bits per heavy atom. The molecule has 1 N–H and O–H groups in total. The number of piperidine rings is 1. The fraction of sp³-hybridized carbons (Fsp3) is 1.00. The number of nitrogens with one attached hydrogen (secondary N) is 1. The summed E-state index contributed by atoms with van der Waals surface area (Å²) in [4.78, 5) is 5.36. The average molecular weight is 265 g/mol. The molecule has 0 radical (unpaired) electrons. The molecule has 0 amide bonds. The summed E-state index contributed by atoms with van der Waals surface area (Å²) in [6, 6.07) is 1.52. The number of likely N-dealkylation sites (tertiary alicyclic amines) is 1. The zero-order valence-electron chi connectivity index (χ0n) is 13.0. The van der Waals surface area contributed by atoms with E-state index < -0.39 is 0 Å². The van der Waals surface area contributed by atoms with Gasteiger partial charge in [0.05, 0.1) is 0 Å². The molecule has 3 fully saturated rings. The van der Waals surface area contributed by atoms with Gasteiger partial charge in [-0.3, -0.25) is 4.90 Å². The molecule has 1 spiro atoms. The third-order valence-electron chi connectivity index (χ3n) is 5.87. The largest absolute Gasteiger partial charge is 0.308 e. The maximum Gasteiger partial charge on any atom is 0.0309 e. The van der Waals surface area contributed by atoms with Crippen molar-refractivity contribution in [2.24, 2.45) is 5.92 Å². The SMILES string of the molecule is CC1CN(C)CCC1N1CC2(CCCC2)NCC1C. The molecule has 0 aromatic heterocycles. The highest BCUT2D eigenvalue weighted by molar-refractivity contribution is 5.02. The predicted octanol–water partition coefficient (Wildman–Crippen LogP) is 1.93. The molecule has 1 saturated carbocycles. The summed E-state index contributed by atoms with van der Waals surface area (Å²) >= 11 is 0. The molecule has 3 nitrogen and oxygen atoms in total. The van der Waals surface area contributed by atoms with Crippen LogP contribution in [0.2, 0.25) is 0 Å². The molecule has 3 atom stereocenters. The Labute approximate surface area is 118 Å². The summed E-state index contributed by atoms with van der Waals surface area (Å²) in [7, 11) is 2.27. The number of hydrogen-bond donors (Lipinski definition) is 1. The van der Waals surface area contributed by atoms with E-state index in [4.69, 9.17) is 0 Å². The van der Waals surface area contributed by atoms with Crippen LogP contribution in [0.25, 0.3) is 0 Å². The highest BCUT2D eigenvalue weighted by Crippen LogP contribution is 2.35. The van der Waals surface area contributed by atoms with E-state index >= 15 is 0 Å². The molecule has 2 saturated heterocycles. The van der Waals surface area contributed by atoms with Crippen LogP contribution < -0.4 is 5.32 Å². The minimum absolute atomic E-state index is 0.468. The lowest BCUT2D eigenvalue weighted by Gasteiger charge is -2.51. The maximum absolute atomic E-state index is 3.88. The monoisotopic (exact) mass is 265 g/mol. The van der Waals surface area contributed by atoms with E-state index in [1.807, 2.05) is 0 Å². The van der Waals surface area contributed by atoms with Crippen molar-refractivity contribution >= 4 is 0 Å². The first-order chi connectivity index (χ1) is 9.10. The van der Waals surface area contributed by atoms with Crippen molar-refractivity contribution in [1.82, 2.24) is 15.1 Å². The van der Waals surface area contributed by atoms with Crippen LogP contribution in [0.15, 0.2) is 0 Å². The van der Waals surface area contributed by atoms with E-state index in [-0.39, 0.29) is 0 Å². The van der Waals surface area contributed by atoms with Gasteiger partial charge in [-0.15, -0.1) is 0 Å². The number of hydrogen-bond acceptors (Lipinski definition) is 3. The van der Waals surface area contributed by atoms with Gasteiger partial charge in [0.15, 0.2) is 0 Å². The summed E-state index contributed by atoms with van der Waals surface area (Å²) in [6.07, 6.45) is 7.02. The summed E-state index contributed by atoms with van der Waals surface area (Å²) in [5.74, 6) is 0.817. The Hall–Kier alpha value is -0.120. The third kappa shape index (κ3) is 2.70. The molecule has 19 heavy (non-hydrogen) atoms. The van der Waals surface area contributed by atoms with Gasteiger partial charge in [0.2, 0.25) is 0 Å². The van der Waals surface area contributed by atoms with Crippen molar-refractivity contribution in [3.8, 4) is 0 Å². The lowest BCUT2D eigenvalue weighted by Crippen LogP contribution is -2.66. The Morgan fingerprint density at radius 1 is 1.16 bits per heavy atom. The van der Waals surface area contributed by atoms with Crippen LogP contribution in [0, 0.1) is 5.92 Å². The van der Waals surface area contributed by atoms with E-state index in [1.165, 1.54) is 58.3 Å². The molecule has 2 heterocycles. The van der Waals surface area contributed by atoms with Crippen LogP contribution in [0.1, 0.15) is 46.0 Å². The number of rotatable bonds is 1. The van der Waals surface area contributed by atoms with E-state index in [0.717, 1.165) is 12.0 Å². The molecule has 1 aliphatic carbocycles. The first-order valence-corrected chi connectivity index (χ1v) is 8.29. The van der Waals surface area contributed by atoms with Gasteiger partial charge >= 0.3 is 0 Å². The fourth-order valence-electron chi connectivity index (χ4n) is 4.71. The van der Waals surface area contributed by atoms with Crippen molar-refractivity contribution < 1.29 is 0 Å². The standard InChI is InChI=1S/C16H31N3/c1-13-11-18(3)9-6-15(13)19-12-16(7-4-5-8-16)17-10-14(19)2/h13-15,17H,4-12H2,1-3H3. The van der Waals surface area contributed by atoms with E-state index in [0.29, 0.717) is 11.6 Å². The van der Waals surface area contributed by atoms with Gasteiger partial charge in [-0.2, -0.15) is 0 Å². The Kier molecular flexibility index (Phi) is 3.89. The highest BCUT2D eigenvalue weighted by atomic mass is 15.3. The molecule has 0 bridgehead atoms. The second kappa shape index (κ2) is 5.34. The van der Waals surface area contributed by atoms with Gasteiger partial charge in [-0.05, 0) is 45.7 Å². The average Bonchev–Trinajstić information content (AvgIpc) is 2.82. The van der Waals surface area contributed by atoms with Gasteiger partial charge < -0.3 is 10.2 Å². The maximum atomic E-state index is 3.88. The topological polar surface area (TPSA) is 18.5 Å². The first-order valence-electron chi connectivity index (χ1n) is 8.29. The summed E-state index contributed by atoms with van der Waals surface area (Å²) < 4.78 is 0. The van der Waals surface area contributed by atoms with Crippen molar-refractivity contribution in [1.29, 1.82) is 0 Å². The molecule has 3 rings (SSSR count). The number of nitrogens with zero attached hydrogens (tertiary/aromatic N) is 2. The lowest BCUT2D eigenvalue weighted by molar-refractivity contribution is 0.000468. The molecule has 3 unspecified atom stereocenters. The van der Waals surface area contributed by atoms with Crippen LogP contribution in [-0.4, -0.2) is 60.6 Å². The zero-order chi connectivity index (χ0) is 13.5. The molecule has 2 aliphatic heterocycles. The quantitative estimate of drug-likeness (QED) is 0.781. The van der Waals surface area contributed by atoms with Crippen molar-refractivity contribution in [2.75, 3.05) is 33.2 Å². The normalized spacial score (nSPS) is 40.9. The van der Waals surface area contributed by atoms with Crippen molar-refractivity contribution in [3.05, 3.63) is 0 Å². The second-order valence-corrected chi connectivity index (χ2v) is 7.49. The predicted molar refractivity (Wildman–Crippen MR) is 80.4 cm³/mol. The Bertz CT molecular complexity index is 311. The number of piperazine rings is 1.